The Bertz CT molecular complexity index is 542. The Morgan fingerprint density at radius 1 is 1.30 bits per heavy atom. The van der Waals surface area contributed by atoms with Crippen LogP contribution in [0.5, 0.6) is 0 Å². The molecule has 0 aromatic carbocycles. The Morgan fingerprint density at radius 3 is 2.65 bits per heavy atom. The number of rotatable bonds is 6. The van der Waals surface area contributed by atoms with Crippen LogP contribution in [0.1, 0.15) is 42.5 Å². The van der Waals surface area contributed by atoms with Crippen molar-refractivity contribution in [1.29, 1.82) is 0 Å². The fraction of sp³-hybridized carbons (Fsp3) is 0.500. The van der Waals surface area contributed by atoms with Crippen LogP contribution in [-0.2, 0) is 19.4 Å². The standard InChI is InChI=1S/C16H24N4/c1-5-13-7-8-14(18-11-13)10-15(17-4)16-9-12(3)19-20(16)6-2/h7-9,11,15,17H,5-6,10H2,1-4H3. The second kappa shape index (κ2) is 6.66. The molecule has 0 bridgehead atoms. The van der Waals surface area contributed by atoms with E-state index in [2.05, 4.69) is 52.1 Å². The second-order valence-electron chi connectivity index (χ2n) is 5.08. The molecule has 0 fully saturated rings. The first kappa shape index (κ1) is 14.7. The minimum atomic E-state index is 0.246. The third kappa shape index (κ3) is 3.25. The Balaban J connectivity index is 2.19. The zero-order valence-corrected chi connectivity index (χ0v) is 12.8. The molecule has 0 spiro atoms. The summed E-state index contributed by atoms with van der Waals surface area (Å²) in [5.74, 6) is 0. The molecule has 0 saturated carbocycles. The molecule has 108 valence electrons. The molecule has 1 atom stereocenters. The molecule has 2 aromatic rings. The van der Waals surface area contributed by atoms with E-state index in [0.29, 0.717) is 0 Å². The van der Waals surface area contributed by atoms with Crippen molar-refractivity contribution in [3.05, 3.63) is 47.0 Å². The van der Waals surface area contributed by atoms with Gasteiger partial charge in [-0.3, -0.25) is 9.67 Å². The highest BCUT2D eigenvalue weighted by Gasteiger charge is 2.16. The summed E-state index contributed by atoms with van der Waals surface area (Å²) in [6.45, 7) is 7.20. The van der Waals surface area contributed by atoms with Crippen LogP contribution in [0, 0.1) is 6.92 Å². The van der Waals surface area contributed by atoms with Crippen molar-refractivity contribution >= 4 is 0 Å². The van der Waals surface area contributed by atoms with Crippen LogP contribution in [0.3, 0.4) is 0 Å². The van der Waals surface area contributed by atoms with E-state index in [1.54, 1.807) is 0 Å². The molecule has 2 aromatic heterocycles. The van der Waals surface area contributed by atoms with E-state index in [-0.39, 0.29) is 6.04 Å². The van der Waals surface area contributed by atoms with Crippen molar-refractivity contribution in [2.45, 2.75) is 46.2 Å². The third-order valence-corrected chi connectivity index (χ3v) is 3.65. The Kier molecular flexibility index (Phi) is 4.90. The lowest BCUT2D eigenvalue weighted by Crippen LogP contribution is -2.22. The molecular weight excluding hydrogens is 248 g/mol. The molecule has 4 heteroatoms. The average molecular weight is 272 g/mol. The lowest BCUT2D eigenvalue weighted by molar-refractivity contribution is 0.509. The largest absolute Gasteiger partial charge is 0.311 e. The SMILES string of the molecule is CCc1ccc(CC(NC)c2cc(C)nn2CC)nc1. The van der Waals surface area contributed by atoms with Gasteiger partial charge in [-0.2, -0.15) is 5.10 Å². The molecule has 0 amide bonds. The van der Waals surface area contributed by atoms with Gasteiger partial charge in [0.15, 0.2) is 0 Å². The first-order chi connectivity index (χ1) is 9.67. The molecule has 2 rings (SSSR count). The van der Waals surface area contributed by atoms with Crippen molar-refractivity contribution in [2.24, 2.45) is 0 Å². The number of likely N-dealkylation sites (N-methyl/N-ethyl adjacent to an activating group) is 1. The normalized spacial score (nSPS) is 12.6. The lowest BCUT2D eigenvalue weighted by atomic mass is 10.1. The van der Waals surface area contributed by atoms with Crippen LogP contribution in [-0.4, -0.2) is 21.8 Å². The Labute approximate surface area is 121 Å². The number of aromatic nitrogens is 3. The number of aryl methyl sites for hydroxylation is 3. The van der Waals surface area contributed by atoms with E-state index < -0.39 is 0 Å². The topological polar surface area (TPSA) is 42.7 Å². The molecule has 4 nitrogen and oxygen atoms in total. The van der Waals surface area contributed by atoms with Crippen LogP contribution in [0.15, 0.2) is 24.4 Å². The second-order valence-corrected chi connectivity index (χ2v) is 5.08. The van der Waals surface area contributed by atoms with Crippen LogP contribution < -0.4 is 5.32 Å². The van der Waals surface area contributed by atoms with E-state index in [1.165, 1.54) is 11.3 Å². The molecule has 0 aliphatic carbocycles. The fourth-order valence-corrected chi connectivity index (χ4v) is 2.45. The maximum atomic E-state index is 4.56. The highest BCUT2D eigenvalue weighted by molar-refractivity contribution is 5.19. The van der Waals surface area contributed by atoms with Gasteiger partial charge in [-0.1, -0.05) is 13.0 Å². The quantitative estimate of drug-likeness (QED) is 0.879. The van der Waals surface area contributed by atoms with Crippen molar-refractivity contribution in [3.8, 4) is 0 Å². The molecule has 0 saturated heterocycles. The van der Waals surface area contributed by atoms with E-state index in [0.717, 1.165) is 30.8 Å². The highest BCUT2D eigenvalue weighted by atomic mass is 15.3. The van der Waals surface area contributed by atoms with Crippen LogP contribution >= 0.6 is 0 Å². The van der Waals surface area contributed by atoms with Crippen LogP contribution in [0.2, 0.25) is 0 Å². The fourth-order valence-electron chi connectivity index (χ4n) is 2.45. The lowest BCUT2D eigenvalue weighted by Gasteiger charge is -2.17. The summed E-state index contributed by atoms with van der Waals surface area (Å²) in [5, 5.41) is 7.91. The van der Waals surface area contributed by atoms with Gasteiger partial charge in [0.1, 0.15) is 0 Å². The minimum absolute atomic E-state index is 0.246. The van der Waals surface area contributed by atoms with Gasteiger partial charge in [0.2, 0.25) is 0 Å². The zero-order valence-electron chi connectivity index (χ0n) is 12.8. The summed E-state index contributed by atoms with van der Waals surface area (Å²) < 4.78 is 2.07. The minimum Gasteiger partial charge on any atom is -0.311 e. The summed E-state index contributed by atoms with van der Waals surface area (Å²) in [6.07, 6.45) is 3.89. The predicted octanol–water partition coefficient (Wildman–Crippen LogP) is 2.67. The van der Waals surface area contributed by atoms with Crippen LogP contribution in [0.4, 0.5) is 0 Å². The van der Waals surface area contributed by atoms with Gasteiger partial charge in [-0.25, -0.2) is 0 Å². The third-order valence-electron chi connectivity index (χ3n) is 3.65. The van der Waals surface area contributed by atoms with Crippen molar-refractivity contribution in [3.63, 3.8) is 0 Å². The molecule has 1 unspecified atom stereocenters. The number of nitrogens with one attached hydrogen (secondary N) is 1. The van der Waals surface area contributed by atoms with Gasteiger partial charge >= 0.3 is 0 Å². The molecule has 0 aliphatic rings. The zero-order chi connectivity index (χ0) is 14.5. The summed E-state index contributed by atoms with van der Waals surface area (Å²) in [5.41, 5.74) is 4.69. The first-order valence-electron chi connectivity index (χ1n) is 7.33. The van der Waals surface area contributed by atoms with Gasteiger partial charge in [-0.05, 0) is 45.0 Å². The monoisotopic (exact) mass is 272 g/mol. The maximum Gasteiger partial charge on any atom is 0.0597 e. The molecule has 0 aliphatic heterocycles. The van der Waals surface area contributed by atoms with E-state index in [9.17, 15) is 0 Å². The molecule has 2 heterocycles. The van der Waals surface area contributed by atoms with Crippen molar-refractivity contribution < 1.29 is 0 Å². The van der Waals surface area contributed by atoms with Gasteiger partial charge in [0.25, 0.3) is 0 Å². The predicted molar refractivity (Wildman–Crippen MR) is 81.8 cm³/mol. The van der Waals surface area contributed by atoms with Gasteiger partial charge in [0, 0.05) is 24.9 Å². The van der Waals surface area contributed by atoms with Gasteiger partial charge in [-0.15, -0.1) is 0 Å². The van der Waals surface area contributed by atoms with Crippen molar-refractivity contribution in [2.75, 3.05) is 7.05 Å². The number of nitrogens with zero attached hydrogens (tertiary/aromatic N) is 3. The summed E-state index contributed by atoms with van der Waals surface area (Å²) >= 11 is 0. The van der Waals surface area contributed by atoms with Crippen LogP contribution in [0.25, 0.3) is 0 Å². The first-order valence-corrected chi connectivity index (χ1v) is 7.33. The molecule has 20 heavy (non-hydrogen) atoms. The number of hydrogen-bond acceptors (Lipinski definition) is 3. The molecule has 0 radical (unpaired) electrons. The number of hydrogen-bond donors (Lipinski definition) is 1. The van der Waals surface area contributed by atoms with Gasteiger partial charge < -0.3 is 5.32 Å². The summed E-state index contributed by atoms with van der Waals surface area (Å²) in [4.78, 5) is 4.56. The van der Waals surface area contributed by atoms with E-state index in [4.69, 9.17) is 0 Å². The Morgan fingerprint density at radius 2 is 2.10 bits per heavy atom. The summed E-state index contributed by atoms with van der Waals surface area (Å²) in [7, 11) is 1.99. The maximum absolute atomic E-state index is 4.56. The molecular formula is C16H24N4. The Hall–Kier alpha value is -1.68. The van der Waals surface area contributed by atoms with E-state index in [1.807, 2.05) is 20.2 Å². The number of pyridine rings is 1. The average Bonchev–Trinajstić information content (AvgIpc) is 2.86. The summed E-state index contributed by atoms with van der Waals surface area (Å²) in [6, 6.07) is 6.70. The van der Waals surface area contributed by atoms with Crippen molar-refractivity contribution in [1.82, 2.24) is 20.1 Å². The van der Waals surface area contributed by atoms with E-state index >= 15 is 0 Å². The van der Waals surface area contributed by atoms with Gasteiger partial charge in [0.05, 0.1) is 17.4 Å². The molecule has 1 N–H and O–H groups in total. The smallest absolute Gasteiger partial charge is 0.0597 e. The highest BCUT2D eigenvalue weighted by Crippen LogP contribution is 2.18.